The Labute approximate surface area is 164 Å². The second-order valence-electron chi connectivity index (χ2n) is 6.27. The molecule has 0 fully saturated rings. The zero-order chi connectivity index (χ0) is 19.4. The molecule has 140 valence electrons. The molecule has 4 nitrogen and oxygen atoms in total. The highest BCUT2D eigenvalue weighted by atomic mass is 32.1. The molecule has 0 N–H and O–H groups in total. The van der Waals surface area contributed by atoms with E-state index in [9.17, 15) is 0 Å². The van der Waals surface area contributed by atoms with Crippen molar-refractivity contribution < 1.29 is 9.47 Å². The number of ether oxygens (including phenoxy) is 2. The molecule has 0 unspecified atom stereocenters. The Balaban J connectivity index is 2.19. The van der Waals surface area contributed by atoms with Crippen molar-refractivity contribution >= 4 is 17.0 Å². The quantitative estimate of drug-likeness (QED) is 0.546. The first-order valence-corrected chi connectivity index (χ1v) is 9.59. The molecule has 0 aliphatic heterocycles. The lowest BCUT2D eigenvalue weighted by Crippen LogP contribution is -2.15. The van der Waals surface area contributed by atoms with Crippen molar-refractivity contribution in [2.24, 2.45) is 4.99 Å². The molecular weight excluding hydrogens is 356 g/mol. The molecule has 3 aromatic rings. The molecule has 1 heterocycles. The first-order chi connectivity index (χ1) is 13.1. The summed E-state index contributed by atoms with van der Waals surface area (Å²) in [4.78, 5) is 5.85. The highest BCUT2D eigenvalue weighted by Crippen LogP contribution is 2.33. The summed E-state index contributed by atoms with van der Waals surface area (Å²) in [5, 5.41) is 2.11. The summed E-state index contributed by atoms with van der Waals surface area (Å²) in [5.41, 5.74) is 5.39. The Bertz CT molecular complexity index is 1030. The van der Waals surface area contributed by atoms with Crippen molar-refractivity contribution in [2.75, 3.05) is 14.2 Å². The van der Waals surface area contributed by atoms with Gasteiger partial charge in [-0.05, 0) is 43.2 Å². The Morgan fingerprint density at radius 1 is 1.11 bits per heavy atom. The van der Waals surface area contributed by atoms with Crippen LogP contribution in [0.1, 0.15) is 11.1 Å². The monoisotopic (exact) mass is 380 g/mol. The molecule has 27 heavy (non-hydrogen) atoms. The summed E-state index contributed by atoms with van der Waals surface area (Å²) in [6.45, 7) is 8.74. The van der Waals surface area contributed by atoms with Gasteiger partial charge in [0.2, 0.25) is 0 Å². The van der Waals surface area contributed by atoms with Gasteiger partial charge in [-0.25, -0.2) is 4.99 Å². The van der Waals surface area contributed by atoms with Gasteiger partial charge in [-0.3, -0.25) is 0 Å². The van der Waals surface area contributed by atoms with Crippen LogP contribution in [0.3, 0.4) is 0 Å². The Morgan fingerprint density at radius 2 is 1.93 bits per heavy atom. The molecule has 0 bridgehead atoms. The van der Waals surface area contributed by atoms with Gasteiger partial charge < -0.3 is 14.0 Å². The van der Waals surface area contributed by atoms with Crippen LogP contribution in [0.4, 0.5) is 5.69 Å². The second kappa shape index (κ2) is 8.27. The van der Waals surface area contributed by atoms with Gasteiger partial charge in [-0.2, -0.15) is 0 Å². The zero-order valence-electron chi connectivity index (χ0n) is 16.2. The molecule has 0 spiro atoms. The molecular formula is C22H24N2O2S. The fourth-order valence-electron chi connectivity index (χ4n) is 2.89. The number of aryl methyl sites for hydroxylation is 2. The Kier molecular flexibility index (Phi) is 5.81. The number of nitrogens with zero attached hydrogens (tertiary/aromatic N) is 2. The maximum atomic E-state index is 5.59. The smallest absolute Gasteiger partial charge is 0.190 e. The fourth-order valence-corrected chi connectivity index (χ4v) is 3.82. The van der Waals surface area contributed by atoms with E-state index >= 15 is 0 Å². The summed E-state index contributed by atoms with van der Waals surface area (Å²) in [7, 11) is 3.32. The lowest BCUT2D eigenvalue weighted by atomic mass is 10.1. The molecule has 0 radical (unpaired) electrons. The summed E-state index contributed by atoms with van der Waals surface area (Å²) >= 11 is 1.61. The SMILES string of the molecule is C=CCn1c(-c2ccc(OC)cc2OC)csc1=Nc1cc(C)ccc1C. The number of benzene rings is 2. The van der Waals surface area contributed by atoms with Crippen LogP contribution in [0.25, 0.3) is 11.3 Å². The molecule has 0 saturated carbocycles. The molecule has 0 atom stereocenters. The van der Waals surface area contributed by atoms with Gasteiger partial charge in [-0.15, -0.1) is 17.9 Å². The molecule has 1 aromatic heterocycles. The van der Waals surface area contributed by atoms with E-state index < -0.39 is 0 Å². The minimum atomic E-state index is 0.664. The van der Waals surface area contributed by atoms with E-state index in [0.29, 0.717) is 6.54 Å². The average Bonchev–Trinajstić information content (AvgIpc) is 3.06. The van der Waals surface area contributed by atoms with E-state index in [1.165, 1.54) is 5.56 Å². The number of thiazole rings is 1. The minimum Gasteiger partial charge on any atom is -0.497 e. The van der Waals surface area contributed by atoms with Crippen molar-refractivity contribution in [1.82, 2.24) is 4.57 Å². The lowest BCUT2D eigenvalue weighted by Gasteiger charge is -2.12. The highest BCUT2D eigenvalue weighted by molar-refractivity contribution is 7.07. The Morgan fingerprint density at radius 3 is 2.63 bits per heavy atom. The minimum absolute atomic E-state index is 0.664. The summed E-state index contributed by atoms with van der Waals surface area (Å²) in [6, 6.07) is 12.2. The first kappa shape index (κ1) is 19.0. The van der Waals surface area contributed by atoms with Crippen LogP contribution in [-0.4, -0.2) is 18.8 Å². The van der Waals surface area contributed by atoms with Crippen LogP contribution in [0.5, 0.6) is 11.5 Å². The molecule has 0 aliphatic carbocycles. The van der Waals surface area contributed by atoms with E-state index in [1.54, 1.807) is 25.6 Å². The number of aromatic nitrogens is 1. The van der Waals surface area contributed by atoms with Crippen molar-refractivity contribution in [1.29, 1.82) is 0 Å². The molecule has 5 heteroatoms. The van der Waals surface area contributed by atoms with E-state index in [-0.39, 0.29) is 0 Å². The number of methoxy groups -OCH3 is 2. The van der Waals surface area contributed by atoms with Crippen LogP contribution in [-0.2, 0) is 6.54 Å². The predicted molar refractivity (Wildman–Crippen MR) is 112 cm³/mol. The highest BCUT2D eigenvalue weighted by Gasteiger charge is 2.13. The maximum Gasteiger partial charge on any atom is 0.190 e. The van der Waals surface area contributed by atoms with Gasteiger partial charge in [0.1, 0.15) is 11.5 Å². The summed E-state index contributed by atoms with van der Waals surface area (Å²) in [6.07, 6.45) is 1.88. The van der Waals surface area contributed by atoms with E-state index in [1.807, 2.05) is 24.3 Å². The van der Waals surface area contributed by atoms with Gasteiger partial charge >= 0.3 is 0 Å². The van der Waals surface area contributed by atoms with Crippen LogP contribution >= 0.6 is 11.3 Å². The number of hydrogen-bond donors (Lipinski definition) is 0. The maximum absolute atomic E-state index is 5.59. The summed E-state index contributed by atoms with van der Waals surface area (Å²) < 4.78 is 13.1. The molecule has 0 saturated heterocycles. The van der Waals surface area contributed by atoms with Crippen LogP contribution in [0, 0.1) is 13.8 Å². The number of rotatable bonds is 6. The first-order valence-electron chi connectivity index (χ1n) is 8.71. The third-order valence-electron chi connectivity index (χ3n) is 4.37. The van der Waals surface area contributed by atoms with Gasteiger partial charge in [0, 0.05) is 23.6 Å². The van der Waals surface area contributed by atoms with Crippen molar-refractivity contribution in [3.05, 3.63) is 70.4 Å². The number of allylic oxidation sites excluding steroid dienone is 1. The van der Waals surface area contributed by atoms with E-state index in [4.69, 9.17) is 14.5 Å². The molecule has 3 rings (SSSR count). The number of hydrogen-bond acceptors (Lipinski definition) is 4. The van der Waals surface area contributed by atoms with Gasteiger partial charge in [0.25, 0.3) is 0 Å². The van der Waals surface area contributed by atoms with Crippen molar-refractivity contribution in [3.8, 4) is 22.8 Å². The predicted octanol–water partition coefficient (Wildman–Crippen LogP) is 5.27. The standard InChI is InChI=1S/C22H24N2O2S/c1-6-11-24-20(18-10-9-17(25-4)13-21(18)26-5)14-27-22(24)23-19-12-15(2)7-8-16(19)3/h6-10,12-14H,1,11H2,2-5H3. The van der Waals surface area contributed by atoms with Crippen LogP contribution in [0.15, 0.2) is 59.4 Å². The largest absolute Gasteiger partial charge is 0.497 e. The van der Waals surface area contributed by atoms with Gasteiger partial charge in [-0.1, -0.05) is 18.2 Å². The fraction of sp³-hybridized carbons (Fsp3) is 0.227. The third kappa shape index (κ3) is 3.98. The van der Waals surface area contributed by atoms with Crippen LogP contribution in [0.2, 0.25) is 0 Å². The Hall–Kier alpha value is -2.79. The zero-order valence-corrected chi connectivity index (χ0v) is 17.0. The summed E-state index contributed by atoms with van der Waals surface area (Å²) in [5.74, 6) is 1.53. The lowest BCUT2D eigenvalue weighted by molar-refractivity contribution is 0.395. The van der Waals surface area contributed by atoms with E-state index in [0.717, 1.165) is 38.8 Å². The molecule has 0 aliphatic rings. The normalized spacial score (nSPS) is 11.5. The average molecular weight is 381 g/mol. The molecule has 2 aromatic carbocycles. The van der Waals surface area contributed by atoms with Crippen LogP contribution < -0.4 is 14.3 Å². The second-order valence-corrected chi connectivity index (χ2v) is 7.11. The third-order valence-corrected chi connectivity index (χ3v) is 5.24. The van der Waals surface area contributed by atoms with Crippen molar-refractivity contribution in [3.63, 3.8) is 0 Å². The topological polar surface area (TPSA) is 35.8 Å². The molecule has 0 amide bonds. The van der Waals surface area contributed by atoms with E-state index in [2.05, 4.69) is 48.6 Å². The van der Waals surface area contributed by atoms with Gasteiger partial charge in [0.15, 0.2) is 4.80 Å². The van der Waals surface area contributed by atoms with Crippen molar-refractivity contribution in [2.45, 2.75) is 20.4 Å². The van der Waals surface area contributed by atoms with Gasteiger partial charge in [0.05, 0.1) is 25.6 Å².